The lowest BCUT2D eigenvalue weighted by atomic mass is 10.1. The van der Waals surface area contributed by atoms with E-state index in [0.29, 0.717) is 5.92 Å². The monoisotopic (exact) mass is 309 g/mol. The molecule has 0 radical (unpaired) electrons. The first-order valence-corrected chi connectivity index (χ1v) is 7.68. The van der Waals surface area contributed by atoms with Gasteiger partial charge in [-0.05, 0) is 18.4 Å². The fourth-order valence-electron chi connectivity index (χ4n) is 1.84. The summed E-state index contributed by atoms with van der Waals surface area (Å²) in [6, 6.07) is 8.43. The van der Waals surface area contributed by atoms with Gasteiger partial charge in [-0.25, -0.2) is 4.98 Å². The van der Waals surface area contributed by atoms with Gasteiger partial charge in [0.1, 0.15) is 5.01 Å². The van der Waals surface area contributed by atoms with Gasteiger partial charge in [0, 0.05) is 15.8 Å². The zero-order valence-corrected chi connectivity index (χ0v) is 12.7. The summed E-state index contributed by atoms with van der Waals surface area (Å²) in [5.41, 5.74) is 3.77. The van der Waals surface area contributed by atoms with Gasteiger partial charge in [0.05, 0.1) is 5.69 Å². The van der Waals surface area contributed by atoms with Gasteiger partial charge in [-0.15, -0.1) is 11.3 Å². The van der Waals surface area contributed by atoms with E-state index in [1.54, 1.807) is 11.3 Å². The van der Waals surface area contributed by atoms with Crippen molar-refractivity contribution < 1.29 is 0 Å². The third-order valence-corrected chi connectivity index (χ3v) is 4.81. The largest absolute Gasteiger partial charge is 0.241 e. The van der Waals surface area contributed by atoms with Gasteiger partial charge < -0.3 is 0 Å². The normalized spacial score (nSPS) is 11.1. The van der Waals surface area contributed by atoms with Gasteiger partial charge in [-0.1, -0.05) is 54.0 Å². The van der Waals surface area contributed by atoms with Gasteiger partial charge in [-0.3, -0.25) is 0 Å². The number of aromatic nitrogens is 1. The number of nitrogens with zero attached hydrogens (tertiary/aromatic N) is 1. The van der Waals surface area contributed by atoms with Crippen LogP contribution in [0.5, 0.6) is 0 Å². The second kappa shape index (κ2) is 5.32. The summed E-state index contributed by atoms with van der Waals surface area (Å²) in [6.45, 7) is 6.53. The molecule has 2 rings (SSSR count). The van der Waals surface area contributed by atoms with Crippen LogP contribution in [0.15, 0.2) is 24.3 Å². The van der Waals surface area contributed by atoms with Gasteiger partial charge in [-0.2, -0.15) is 0 Å². The highest BCUT2D eigenvalue weighted by Gasteiger charge is 2.15. The van der Waals surface area contributed by atoms with E-state index in [4.69, 9.17) is 4.98 Å². The van der Waals surface area contributed by atoms with E-state index < -0.39 is 0 Å². The Hall–Kier alpha value is -0.670. The van der Waals surface area contributed by atoms with Gasteiger partial charge in [0.2, 0.25) is 0 Å². The predicted octanol–water partition coefficient (Wildman–Crippen LogP) is 5.14. The number of rotatable bonds is 3. The van der Waals surface area contributed by atoms with Crippen LogP contribution < -0.4 is 0 Å². The van der Waals surface area contributed by atoms with Crippen LogP contribution in [-0.4, -0.2) is 4.98 Å². The van der Waals surface area contributed by atoms with E-state index in [2.05, 4.69) is 61.0 Å². The summed E-state index contributed by atoms with van der Waals surface area (Å²) < 4.78 is 0. The molecule has 3 heteroatoms. The zero-order valence-electron chi connectivity index (χ0n) is 10.3. The Morgan fingerprint density at radius 1 is 1.29 bits per heavy atom. The Kier molecular flexibility index (Phi) is 4.00. The minimum atomic E-state index is 0.483. The van der Waals surface area contributed by atoms with Crippen LogP contribution in [-0.2, 0) is 5.33 Å². The fraction of sp³-hybridized carbons (Fsp3) is 0.357. The van der Waals surface area contributed by atoms with Crippen LogP contribution in [0.3, 0.4) is 0 Å². The van der Waals surface area contributed by atoms with Crippen molar-refractivity contribution in [3.05, 3.63) is 40.4 Å². The Balaban J connectivity index is 2.51. The number of hydrogen-bond acceptors (Lipinski definition) is 2. The number of alkyl halides is 1. The Bertz CT molecular complexity index is 517. The summed E-state index contributed by atoms with van der Waals surface area (Å²) in [5, 5.41) is 2.03. The van der Waals surface area contributed by atoms with Gasteiger partial charge in [0.25, 0.3) is 0 Å². The van der Waals surface area contributed by atoms with Crippen LogP contribution in [0.4, 0.5) is 0 Å². The second-order valence-corrected chi connectivity index (χ2v) is 6.08. The molecule has 0 unspecified atom stereocenters. The van der Waals surface area contributed by atoms with E-state index in [1.807, 2.05) is 0 Å². The molecule has 0 atom stereocenters. The molecule has 0 aliphatic rings. The molecule has 0 amide bonds. The van der Waals surface area contributed by atoms with Gasteiger partial charge in [0.15, 0.2) is 0 Å². The molecule has 1 nitrogen and oxygen atoms in total. The SMILES string of the molecule is Cc1ccccc1-c1nc(C(C)C)c(CBr)s1. The highest BCUT2D eigenvalue weighted by molar-refractivity contribution is 9.08. The molecule has 0 saturated carbocycles. The standard InChI is InChI=1S/C14H16BrNS/c1-9(2)13-12(8-15)17-14(16-13)11-7-5-4-6-10(11)3/h4-7,9H,8H2,1-3H3. The molecular weight excluding hydrogens is 294 g/mol. The molecule has 0 aliphatic heterocycles. The van der Waals surface area contributed by atoms with E-state index in [-0.39, 0.29) is 0 Å². The first-order chi connectivity index (χ1) is 8.13. The first kappa shape index (κ1) is 12.8. The summed E-state index contributed by atoms with van der Waals surface area (Å²) in [5.74, 6) is 0.483. The van der Waals surface area contributed by atoms with Crippen molar-refractivity contribution >= 4 is 27.3 Å². The predicted molar refractivity (Wildman–Crippen MR) is 79.0 cm³/mol. The summed E-state index contributed by atoms with van der Waals surface area (Å²) in [7, 11) is 0. The van der Waals surface area contributed by atoms with Crippen molar-refractivity contribution in [2.45, 2.75) is 32.0 Å². The molecule has 0 fully saturated rings. The maximum Gasteiger partial charge on any atom is 0.124 e. The highest BCUT2D eigenvalue weighted by atomic mass is 79.9. The Labute approximate surface area is 115 Å². The maximum absolute atomic E-state index is 4.80. The number of benzene rings is 1. The third-order valence-electron chi connectivity index (χ3n) is 2.77. The zero-order chi connectivity index (χ0) is 12.4. The minimum Gasteiger partial charge on any atom is -0.241 e. The van der Waals surface area contributed by atoms with Crippen molar-refractivity contribution in [2.24, 2.45) is 0 Å². The number of aryl methyl sites for hydroxylation is 1. The highest BCUT2D eigenvalue weighted by Crippen LogP contribution is 2.34. The molecule has 17 heavy (non-hydrogen) atoms. The minimum absolute atomic E-state index is 0.483. The third kappa shape index (κ3) is 2.61. The molecule has 0 bridgehead atoms. The van der Waals surface area contributed by atoms with Crippen LogP contribution in [0, 0.1) is 6.92 Å². The van der Waals surface area contributed by atoms with Crippen LogP contribution >= 0.6 is 27.3 Å². The number of hydrogen-bond donors (Lipinski definition) is 0. The summed E-state index contributed by atoms with van der Waals surface area (Å²) in [6.07, 6.45) is 0. The van der Waals surface area contributed by atoms with Crippen molar-refractivity contribution in [2.75, 3.05) is 0 Å². The van der Waals surface area contributed by atoms with E-state index in [0.717, 1.165) is 10.3 Å². The molecule has 90 valence electrons. The number of halogens is 1. The average Bonchev–Trinajstić information content (AvgIpc) is 2.73. The Morgan fingerprint density at radius 2 is 2.00 bits per heavy atom. The average molecular weight is 310 g/mol. The van der Waals surface area contributed by atoms with Crippen molar-refractivity contribution in [3.8, 4) is 10.6 Å². The molecule has 1 aromatic carbocycles. The molecule has 0 spiro atoms. The van der Waals surface area contributed by atoms with E-state index >= 15 is 0 Å². The van der Waals surface area contributed by atoms with Crippen LogP contribution in [0.2, 0.25) is 0 Å². The molecule has 1 heterocycles. The molecule has 1 aromatic heterocycles. The lowest BCUT2D eigenvalue weighted by Crippen LogP contribution is -1.91. The fourth-order valence-corrected chi connectivity index (χ4v) is 3.63. The van der Waals surface area contributed by atoms with Gasteiger partial charge >= 0.3 is 0 Å². The summed E-state index contributed by atoms with van der Waals surface area (Å²) >= 11 is 5.35. The molecule has 0 aliphatic carbocycles. The van der Waals surface area contributed by atoms with Crippen LogP contribution in [0.1, 0.15) is 35.9 Å². The van der Waals surface area contributed by atoms with Crippen molar-refractivity contribution in [1.82, 2.24) is 4.98 Å². The topological polar surface area (TPSA) is 12.9 Å². The first-order valence-electron chi connectivity index (χ1n) is 5.75. The lowest BCUT2D eigenvalue weighted by Gasteiger charge is -2.02. The van der Waals surface area contributed by atoms with Crippen molar-refractivity contribution in [1.29, 1.82) is 0 Å². The summed E-state index contributed by atoms with van der Waals surface area (Å²) in [4.78, 5) is 6.15. The second-order valence-electron chi connectivity index (χ2n) is 4.43. The van der Waals surface area contributed by atoms with Crippen molar-refractivity contribution in [3.63, 3.8) is 0 Å². The maximum atomic E-state index is 4.80. The quantitative estimate of drug-likeness (QED) is 0.716. The van der Waals surface area contributed by atoms with Crippen LogP contribution in [0.25, 0.3) is 10.6 Å². The lowest BCUT2D eigenvalue weighted by molar-refractivity contribution is 0.825. The van der Waals surface area contributed by atoms with E-state index in [1.165, 1.54) is 21.7 Å². The number of thiazole rings is 1. The molecule has 0 saturated heterocycles. The van der Waals surface area contributed by atoms with E-state index in [9.17, 15) is 0 Å². The molecule has 2 aromatic rings. The Morgan fingerprint density at radius 3 is 2.53 bits per heavy atom. The smallest absolute Gasteiger partial charge is 0.124 e. The molecular formula is C14H16BrNS. The molecule has 0 N–H and O–H groups in total.